The monoisotopic (exact) mass is 289 g/mol. The van der Waals surface area contributed by atoms with Gasteiger partial charge in [-0.15, -0.1) is 0 Å². The summed E-state index contributed by atoms with van der Waals surface area (Å²) >= 11 is 0. The van der Waals surface area contributed by atoms with E-state index >= 15 is 0 Å². The highest BCUT2D eigenvalue weighted by atomic mass is 32.2. The van der Waals surface area contributed by atoms with E-state index < -0.39 is 21.9 Å². The maximum absolute atomic E-state index is 13.2. The van der Waals surface area contributed by atoms with E-state index in [-0.39, 0.29) is 17.4 Å². The fraction of sp³-hybridized carbons (Fsp3) is 0.538. The average Bonchev–Trinajstić information content (AvgIpc) is 2.30. The van der Waals surface area contributed by atoms with Crippen LogP contribution in [0, 0.1) is 18.7 Å². The average molecular weight is 289 g/mol. The fourth-order valence-corrected chi connectivity index (χ4v) is 3.37. The van der Waals surface area contributed by atoms with Crippen LogP contribution in [0.25, 0.3) is 0 Å². The van der Waals surface area contributed by atoms with Gasteiger partial charge in [-0.1, -0.05) is 19.9 Å². The standard InChI is InChI=1S/C13H20FNO3S/c1-9(2)6-12(8-16)15-19(17,18)13-7-11(14)5-4-10(13)3/h4-5,7,9,12,15-16H,6,8H2,1-3H3. The molecule has 0 radical (unpaired) electrons. The summed E-state index contributed by atoms with van der Waals surface area (Å²) in [5, 5.41) is 9.21. The summed E-state index contributed by atoms with van der Waals surface area (Å²) < 4.78 is 39.9. The van der Waals surface area contributed by atoms with E-state index in [1.165, 1.54) is 12.1 Å². The molecule has 1 unspecified atom stereocenters. The first-order chi connectivity index (χ1) is 8.76. The van der Waals surface area contributed by atoms with Gasteiger partial charge in [-0.3, -0.25) is 0 Å². The number of nitrogens with one attached hydrogen (secondary N) is 1. The molecule has 0 saturated carbocycles. The Kier molecular flexibility index (Phi) is 5.46. The molecule has 0 aliphatic heterocycles. The van der Waals surface area contributed by atoms with Crippen LogP contribution in [0.5, 0.6) is 0 Å². The molecule has 0 aliphatic carbocycles. The number of aryl methyl sites for hydroxylation is 1. The molecule has 1 rings (SSSR count). The van der Waals surface area contributed by atoms with Gasteiger partial charge in [0.25, 0.3) is 0 Å². The van der Waals surface area contributed by atoms with Crippen molar-refractivity contribution in [1.82, 2.24) is 4.72 Å². The van der Waals surface area contributed by atoms with Gasteiger partial charge in [0.2, 0.25) is 10.0 Å². The van der Waals surface area contributed by atoms with Crippen LogP contribution in [0.15, 0.2) is 23.1 Å². The molecule has 6 heteroatoms. The Hall–Kier alpha value is -0.980. The second kappa shape index (κ2) is 6.45. The molecular formula is C13H20FNO3S. The Balaban J connectivity index is 3.00. The molecule has 0 heterocycles. The first-order valence-corrected chi connectivity index (χ1v) is 7.64. The predicted octanol–water partition coefficient (Wildman–Crippen LogP) is 1.82. The van der Waals surface area contributed by atoms with Crippen molar-refractivity contribution < 1.29 is 17.9 Å². The first kappa shape index (κ1) is 16.1. The topological polar surface area (TPSA) is 66.4 Å². The Bertz CT molecular complexity index is 529. The van der Waals surface area contributed by atoms with Crippen LogP contribution >= 0.6 is 0 Å². The Morgan fingerprint density at radius 2 is 2.00 bits per heavy atom. The number of sulfonamides is 1. The molecular weight excluding hydrogens is 269 g/mol. The van der Waals surface area contributed by atoms with Crippen molar-refractivity contribution in [1.29, 1.82) is 0 Å². The van der Waals surface area contributed by atoms with Crippen molar-refractivity contribution in [3.05, 3.63) is 29.6 Å². The summed E-state index contributed by atoms with van der Waals surface area (Å²) in [7, 11) is -3.82. The van der Waals surface area contributed by atoms with E-state index in [9.17, 15) is 17.9 Å². The van der Waals surface area contributed by atoms with Gasteiger partial charge in [0.15, 0.2) is 0 Å². The van der Waals surface area contributed by atoms with Crippen molar-refractivity contribution >= 4 is 10.0 Å². The highest BCUT2D eigenvalue weighted by molar-refractivity contribution is 7.89. The van der Waals surface area contributed by atoms with Crippen LogP contribution < -0.4 is 4.72 Å². The quantitative estimate of drug-likeness (QED) is 0.839. The highest BCUT2D eigenvalue weighted by Gasteiger charge is 2.22. The zero-order chi connectivity index (χ0) is 14.6. The van der Waals surface area contributed by atoms with E-state index in [1.54, 1.807) is 6.92 Å². The Labute approximate surface area is 113 Å². The zero-order valence-corrected chi connectivity index (χ0v) is 12.2. The van der Waals surface area contributed by atoms with Gasteiger partial charge in [0.05, 0.1) is 11.5 Å². The van der Waals surface area contributed by atoms with Gasteiger partial charge in [-0.25, -0.2) is 17.5 Å². The molecule has 0 bridgehead atoms. The number of aliphatic hydroxyl groups excluding tert-OH is 1. The first-order valence-electron chi connectivity index (χ1n) is 6.15. The third kappa shape index (κ3) is 4.56. The van der Waals surface area contributed by atoms with E-state index in [1.807, 2.05) is 13.8 Å². The molecule has 0 fully saturated rings. The number of aliphatic hydroxyl groups is 1. The molecule has 1 atom stereocenters. The van der Waals surface area contributed by atoms with Crippen LogP contribution in [-0.2, 0) is 10.0 Å². The predicted molar refractivity (Wildman–Crippen MR) is 71.8 cm³/mol. The summed E-state index contributed by atoms with van der Waals surface area (Å²) in [6, 6.07) is 3.06. The molecule has 1 aromatic carbocycles. The van der Waals surface area contributed by atoms with Crippen molar-refractivity contribution in [3.8, 4) is 0 Å². The third-order valence-corrected chi connectivity index (χ3v) is 4.40. The molecule has 2 N–H and O–H groups in total. The minimum atomic E-state index is -3.82. The lowest BCUT2D eigenvalue weighted by Crippen LogP contribution is -2.38. The molecule has 0 aromatic heterocycles. The smallest absolute Gasteiger partial charge is 0.241 e. The summed E-state index contributed by atoms with van der Waals surface area (Å²) in [6.07, 6.45) is 0.518. The van der Waals surface area contributed by atoms with E-state index in [4.69, 9.17) is 0 Å². The van der Waals surface area contributed by atoms with Crippen molar-refractivity contribution in [2.24, 2.45) is 5.92 Å². The lowest BCUT2D eigenvalue weighted by molar-refractivity contribution is 0.240. The molecule has 0 amide bonds. The van der Waals surface area contributed by atoms with Crippen LogP contribution in [-0.4, -0.2) is 26.2 Å². The Morgan fingerprint density at radius 3 is 2.53 bits per heavy atom. The van der Waals surface area contributed by atoms with Gasteiger partial charge in [-0.05, 0) is 37.0 Å². The minimum absolute atomic E-state index is 0.0882. The molecule has 108 valence electrons. The van der Waals surface area contributed by atoms with Crippen LogP contribution in [0.4, 0.5) is 4.39 Å². The van der Waals surface area contributed by atoms with Gasteiger partial charge < -0.3 is 5.11 Å². The molecule has 0 aliphatic rings. The minimum Gasteiger partial charge on any atom is -0.395 e. The van der Waals surface area contributed by atoms with Gasteiger partial charge >= 0.3 is 0 Å². The molecule has 1 aromatic rings. The number of hydrogen-bond donors (Lipinski definition) is 2. The number of rotatable bonds is 6. The van der Waals surface area contributed by atoms with Crippen LogP contribution in [0.3, 0.4) is 0 Å². The zero-order valence-electron chi connectivity index (χ0n) is 11.4. The molecule has 0 spiro atoms. The summed E-state index contributed by atoms with van der Waals surface area (Å²) in [4.78, 5) is -0.0882. The SMILES string of the molecule is Cc1ccc(F)cc1S(=O)(=O)NC(CO)CC(C)C. The van der Waals surface area contributed by atoms with E-state index in [0.717, 1.165) is 6.07 Å². The maximum atomic E-state index is 13.2. The summed E-state index contributed by atoms with van der Waals surface area (Å²) in [5.74, 6) is -0.358. The number of benzene rings is 1. The van der Waals surface area contributed by atoms with Crippen molar-refractivity contribution in [3.63, 3.8) is 0 Å². The molecule has 0 saturated heterocycles. The van der Waals surface area contributed by atoms with Crippen molar-refractivity contribution in [2.45, 2.75) is 38.1 Å². The number of halogens is 1. The molecule has 19 heavy (non-hydrogen) atoms. The maximum Gasteiger partial charge on any atom is 0.241 e. The fourth-order valence-electron chi connectivity index (χ4n) is 1.88. The summed E-state index contributed by atoms with van der Waals surface area (Å²) in [6.45, 7) is 5.19. The van der Waals surface area contributed by atoms with E-state index in [2.05, 4.69) is 4.72 Å². The second-order valence-electron chi connectivity index (χ2n) is 5.04. The number of hydrogen-bond acceptors (Lipinski definition) is 3. The van der Waals surface area contributed by atoms with Gasteiger partial charge in [0.1, 0.15) is 5.82 Å². The second-order valence-corrected chi connectivity index (χ2v) is 6.72. The highest BCUT2D eigenvalue weighted by Crippen LogP contribution is 2.17. The largest absolute Gasteiger partial charge is 0.395 e. The van der Waals surface area contributed by atoms with E-state index in [0.29, 0.717) is 12.0 Å². The van der Waals surface area contributed by atoms with Gasteiger partial charge in [0, 0.05) is 6.04 Å². The molecule has 4 nitrogen and oxygen atoms in total. The lowest BCUT2D eigenvalue weighted by atomic mass is 10.1. The van der Waals surface area contributed by atoms with Crippen LogP contribution in [0.2, 0.25) is 0 Å². The van der Waals surface area contributed by atoms with Crippen LogP contribution in [0.1, 0.15) is 25.8 Å². The third-order valence-electron chi connectivity index (χ3n) is 2.74. The Morgan fingerprint density at radius 1 is 1.37 bits per heavy atom. The lowest BCUT2D eigenvalue weighted by Gasteiger charge is -2.19. The normalized spacial score (nSPS) is 13.8. The van der Waals surface area contributed by atoms with Crippen molar-refractivity contribution in [2.75, 3.05) is 6.61 Å². The summed E-state index contributed by atoms with van der Waals surface area (Å²) in [5.41, 5.74) is 0.468. The van der Waals surface area contributed by atoms with Gasteiger partial charge in [-0.2, -0.15) is 0 Å².